The number of rotatable bonds is 4. The minimum absolute atomic E-state index is 0.860. The molecule has 1 heterocycles. The summed E-state index contributed by atoms with van der Waals surface area (Å²) in [6.45, 7) is 8.34. The zero-order valence-electron chi connectivity index (χ0n) is 12.7. The highest BCUT2D eigenvalue weighted by Gasteiger charge is 2.06. The van der Waals surface area contributed by atoms with Gasteiger partial charge in [0.1, 0.15) is 17.3 Å². The normalized spacial score (nSPS) is 11.5. The Hall–Kier alpha value is -1.88. The molecule has 0 fully saturated rings. The third-order valence-corrected chi connectivity index (χ3v) is 3.67. The van der Waals surface area contributed by atoms with Crippen molar-refractivity contribution in [1.82, 2.24) is 9.55 Å². The lowest BCUT2D eigenvalue weighted by atomic mass is 10.2. The van der Waals surface area contributed by atoms with Crippen LogP contribution in [0.4, 0.5) is 5.69 Å². The van der Waals surface area contributed by atoms with Gasteiger partial charge in [-0.2, -0.15) is 0 Å². The molecule has 106 valence electrons. The molecule has 0 N–H and O–H groups in total. The highest BCUT2D eigenvalue weighted by Crippen LogP contribution is 2.29. The standard InChI is InChI=1S/C15H21N3OSi/c1-11-6-7-14(15(8-11)19-20(4)5)16-9-13-10-18(3)12(2)17-13/h6-10,20H,1-5H3. The van der Waals surface area contributed by atoms with Crippen molar-refractivity contribution in [3.05, 3.63) is 41.5 Å². The SMILES string of the molecule is Cc1ccc(N=Cc2cn(C)c(C)n2)c(O[SiH](C)C)c1. The van der Waals surface area contributed by atoms with E-state index in [-0.39, 0.29) is 0 Å². The molecule has 1 aromatic carbocycles. The van der Waals surface area contributed by atoms with E-state index in [1.165, 1.54) is 5.56 Å². The lowest BCUT2D eigenvalue weighted by Crippen LogP contribution is -2.11. The Labute approximate surface area is 121 Å². The number of nitrogens with zero attached hydrogens (tertiary/aromatic N) is 3. The van der Waals surface area contributed by atoms with Gasteiger partial charge in [0.25, 0.3) is 0 Å². The van der Waals surface area contributed by atoms with Gasteiger partial charge in [0.2, 0.25) is 9.04 Å². The molecule has 0 unspecified atom stereocenters. The van der Waals surface area contributed by atoms with Crippen LogP contribution < -0.4 is 4.43 Å². The fourth-order valence-corrected chi connectivity index (χ4v) is 2.56. The molecule has 0 radical (unpaired) electrons. The average Bonchev–Trinajstić information content (AvgIpc) is 2.67. The lowest BCUT2D eigenvalue weighted by molar-refractivity contribution is 0.581. The number of aryl methyl sites for hydroxylation is 3. The third-order valence-electron chi connectivity index (χ3n) is 2.94. The molecule has 0 amide bonds. The molecule has 0 bridgehead atoms. The van der Waals surface area contributed by atoms with Crippen molar-refractivity contribution in [3.8, 4) is 5.75 Å². The largest absolute Gasteiger partial charge is 0.546 e. The fraction of sp³-hybridized carbons (Fsp3) is 0.333. The summed E-state index contributed by atoms with van der Waals surface area (Å²) in [6.07, 6.45) is 3.75. The summed E-state index contributed by atoms with van der Waals surface area (Å²) in [4.78, 5) is 8.94. The molecular weight excluding hydrogens is 266 g/mol. The van der Waals surface area contributed by atoms with Crippen molar-refractivity contribution in [1.29, 1.82) is 0 Å². The van der Waals surface area contributed by atoms with Crippen molar-refractivity contribution in [2.45, 2.75) is 26.9 Å². The Kier molecular flexibility index (Phi) is 4.39. The second-order valence-corrected chi connectivity index (χ2v) is 7.55. The second kappa shape index (κ2) is 6.05. The predicted octanol–water partition coefficient (Wildman–Crippen LogP) is 3.15. The van der Waals surface area contributed by atoms with Crippen LogP contribution in [0.5, 0.6) is 5.75 Å². The summed E-state index contributed by atoms with van der Waals surface area (Å²) < 4.78 is 7.92. The predicted molar refractivity (Wildman–Crippen MR) is 85.9 cm³/mol. The van der Waals surface area contributed by atoms with Gasteiger partial charge in [-0.3, -0.25) is 4.99 Å². The van der Waals surface area contributed by atoms with E-state index < -0.39 is 9.04 Å². The molecule has 2 rings (SSSR count). The van der Waals surface area contributed by atoms with Gasteiger partial charge in [0.05, 0.1) is 11.9 Å². The molecule has 1 aromatic heterocycles. The molecule has 0 aliphatic heterocycles. The van der Waals surface area contributed by atoms with Crippen LogP contribution in [0.1, 0.15) is 17.1 Å². The number of aliphatic imine (C=N–C) groups is 1. The summed E-state index contributed by atoms with van der Waals surface area (Å²) in [5.74, 6) is 1.84. The number of aromatic nitrogens is 2. The maximum atomic E-state index is 5.94. The molecule has 0 saturated heterocycles. The number of hydrogen-bond acceptors (Lipinski definition) is 3. The molecule has 0 atom stereocenters. The Morgan fingerprint density at radius 2 is 2.05 bits per heavy atom. The topological polar surface area (TPSA) is 39.4 Å². The molecule has 4 nitrogen and oxygen atoms in total. The van der Waals surface area contributed by atoms with Crippen LogP contribution in [0.3, 0.4) is 0 Å². The van der Waals surface area contributed by atoms with Crippen molar-refractivity contribution in [2.24, 2.45) is 12.0 Å². The third kappa shape index (κ3) is 3.57. The van der Waals surface area contributed by atoms with Crippen LogP contribution >= 0.6 is 0 Å². The fourth-order valence-electron chi connectivity index (χ4n) is 1.86. The van der Waals surface area contributed by atoms with E-state index in [0.717, 1.165) is 23.0 Å². The van der Waals surface area contributed by atoms with Crippen LogP contribution in [-0.2, 0) is 7.05 Å². The molecule has 5 heteroatoms. The average molecular weight is 287 g/mol. The van der Waals surface area contributed by atoms with Crippen LogP contribution in [-0.4, -0.2) is 24.8 Å². The number of hydrogen-bond donors (Lipinski definition) is 0. The first-order valence-electron chi connectivity index (χ1n) is 6.77. The highest BCUT2D eigenvalue weighted by molar-refractivity contribution is 6.49. The molecular formula is C15H21N3OSi. The van der Waals surface area contributed by atoms with Crippen molar-refractivity contribution >= 4 is 20.9 Å². The minimum atomic E-state index is -1.14. The van der Waals surface area contributed by atoms with Gasteiger partial charge < -0.3 is 8.99 Å². The van der Waals surface area contributed by atoms with E-state index in [0.29, 0.717) is 0 Å². The zero-order valence-corrected chi connectivity index (χ0v) is 13.9. The maximum absolute atomic E-state index is 5.94. The van der Waals surface area contributed by atoms with Gasteiger partial charge in [-0.15, -0.1) is 0 Å². The van der Waals surface area contributed by atoms with Crippen molar-refractivity contribution < 1.29 is 4.43 Å². The Balaban J connectivity index is 2.28. The quantitative estimate of drug-likeness (QED) is 0.640. The summed E-state index contributed by atoms with van der Waals surface area (Å²) in [5.41, 5.74) is 2.90. The monoisotopic (exact) mass is 287 g/mol. The summed E-state index contributed by atoms with van der Waals surface area (Å²) in [7, 11) is 0.834. The van der Waals surface area contributed by atoms with Crippen LogP contribution in [0.15, 0.2) is 29.4 Å². The summed E-state index contributed by atoms with van der Waals surface area (Å²) in [5, 5.41) is 0. The van der Waals surface area contributed by atoms with E-state index in [1.807, 2.05) is 42.9 Å². The first-order chi connectivity index (χ1) is 9.45. The van der Waals surface area contributed by atoms with Crippen LogP contribution in [0.2, 0.25) is 13.1 Å². The molecule has 20 heavy (non-hydrogen) atoms. The molecule has 2 aromatic rings. The van der Waals surface area contributed by atoms with Crippen molar-refractivity contribution in [3.63, 3.8) is 0 Å². The van der Waals surface area contributed by atoms with E-state index in [9.17, 15) is 0 Å². The van der Waals surface area contributed by atoms with Gasteiger partial charge in [0, 0.05) is 13.2 Å². The molecule has 0 spiro atoms. The number of benzene rings is 1. The first kappa shape index (κ1) is 14.5. The smallest absolute Gasteiger partial charge is 0.229 e. The molecule has 0 saturated carbocycles. The Bertz CT molecular complexity index is 613. The second-order valence-electron chi connectivity index (χ2n) is 5.22. The Morgan fingerprint density at radius 1 is 1.30 bits per heavy atom. The van der Waals surface area contributed by atoms with E-state index in [1.54, 1.807) is 6.21 Å². The van der Waals surface area contributed by atoms with Crippen LogP contribution in [0, 0.1) is 13.8 Å². The van der Waals surface area contributed by atoms with Gasteiger partial charge in [-0.1, -0.05) is 6.07 Å². The lowest BCUT2D eigenvalue weighted by Gasteiger charge is -2.12. The maximum Gasteiger partial charge on any atom is 0.229 e. The molecule has 0 aliphatic carbocycles. The number of imidazole rings is 1. The first-order valence-corrected chi connectivity index (χ1v) is 9.55. The minimum Gasteiger partial charge on any atom is -0.546 e. The van der Waals surface area contributed by atoms with Crippen LogP contribution in [0.25, 0.3) is 0 Å². The van der Waals surface area contributed by atoms with Gasteiger partial charge in [-0.05, 0) is 44.6 Å². The van der Waals surface area contributed by atoms with Crippen molar-refractivity contribution in [2.75, 3.05) is 0 Å². The Morgan fingerprint density at radius 3 is 2.65 bits per heavy atom. The van der Waals surface area contributed by atoms with Gasteiger partial charge in [-0.25, -0.2) is 4.98 Å². The van der Waals surface area contributed by atoms with Gasteiger partial charge in [0.15, 0.2) is 0 Å². The molecule has 0 aliphatic rings. The van der Waals surface area contributed by atoms with E-state index >= 15 is 0 Å². The zero-order chi connectivity index (χ0) is 14.7. The summed E-state index contributed by atoms with van der Waals surface area (Å²) in [6, 6.07) is 6.09. The van der Waals surface area contributed by atoms with E-state index in [2.05, 4.69) is 30.0 Å². The summed E-state index contributed by atoms with van der Waals surface area (Å²) >= 11 is 0. The highest BCUT2D eigenvalue weighted by atomic mass is 28.3. The van der Waals surface area contributed by atoms with Gasteiger partial charge >= 0.3 is 0 Å². The van der Waals surface area contributed by atoms with E-state index in [4.69, 9.17) is 4.43 Å².